The Kier molecular flexibility index (Phi) is 3.38. The Labute approximate surface area is 89.1 Å². The molecular weight excluding hydrogens is 198 g/mol. The SMILES string of the molecule is COc1c(C)c(Cl)cc(CC#N)c1C. The third-order valence-corrected chi connectivity index (χ3v) is 2.69. The molecule has 0 atom stereocenters. The minimum absolute atomic E-state index is 0.363. The quantitative estimate of drug-likeness (QED) is 0.750. The number of hydrogen-bond donors (Lipinski definition) is 0. The lowest BCUT2D eigenvalue weighted by atomic mass is 10.0. The molecule has 0 aliphatic heterocycles. The van der Waals surface area contributed by atoms with Gasteiger partial charge in [0.05, 0.1) is 19.6 Å². The second-order valence-electron chi connectivity index (χ2n) is 3.14. The second kappa shape index (κ2) is 4.34. The summed E-state index contributed by atoms with van der Waals surface area (Å²) in [4.78, 5) is 0. The molecule has 0 amide bonds. The fraction of sp³-hybridized carbons (Fsp3) is 0.364. The Hall–Kier alpha value is -1.20. The van der Waals surface area contributed by atoms with Gasteiger partial charge in [-0.25, -0.2) is 0 Å². The molecule has 0 bridgehead atoms. The van der Waals surface area contributed by atoms with Gasteiger partial charge >= 0.3 is 0 Å². The van der Waals surface area contributed by atoms with Crippen molar-refractivity contribution in [2.45, 2.75) is 20.3 Å². The number of methoxy groups -OCH3 is 1. The summed E-state index contributed by atoms with van der Waals surface area (Å²) in [6.07, 6.45) is 0.363. The number of halogens is 1. The summed E-state index contributed by atoms with van der Waals surface area (Å²) in [5, 5.41) is 9.28. The molecule has 0 N–H and O–H groups in total. The van der Waals surface area contributed by atoms with Crippen LogP contribution in [0.1, 0.15) is 16.7 Å². The summed E-state index contributed by atoms with van der Waals surface area (Å²) in [6, 6.07) is 3.94. The number of nitrogens with zero attached hydrogens (tertiary/aromatic N) is 1. The monoisotopic (exact) mass is 209 g/mol. The zero-order chi connectivity index (χ0) is 10.7. The Bertz CT molecular complexity index is 393. The smallest absolute Gasteiger partial charge is 0.126 e. The first kappa shape index (κ1) is 10.9. The normalized spacial score (nSPS) is 9.64. The van der Waals surface area contributed by atoms with Gasteiger partial charge in [0.25, 0.3) is 0 Å². The predicted octanol–water partition coefficient (Wildman–Crippen LogP) is 3.03. The van der Waals surface area contributed by atoms with Crippen molar-refractivity contribution in [1.82, 2.24) is 0 Å². The summed E-state index contributed by atoms with van der Waals surface area (Å²) < 4.78 is 5.25. The molecule has 0 saturated heterocycles. The average Bonchev–Trinajstić information content (AvgIpc) is 2.16. The fourth-order valence-corrected chi connectivity index (χ4v) is 1.70. The van der Waals surface area contributed by atoms with E-state index in [1.54, 1.807) is 7.11 Å². The number of hydrogen-bond acceptors (Lipinski definition) is 2. The maximum absolute atomic E-state index is 8.63. The largest absolute Gasteiger partial charge is 0.496 e. The van der Waals surface area contributed by atoms with Gasteiger partial charge in [-0.05, 0) is 31.0 Å². The van der Waals surface area contributed by atoms with Gasteiger partial charge in [0.1, 0.15) is 5.75 Å². The van der Waals surface area contributed by atoms with Gasteiger partial charge < -0.3 is 4.74 Å². The van der Waals surface area contributed by atoms with Gasteiger partial charge in [0.2, 0.25) is 0 Å². The lowest BCUT2D eigenvalue weighted by Crippen LogP contribution is -1.97. The van der Waals surface area contributed by atoms with E-state index in [2.05, 4.69) is 6.07 Å². The van der Waals surface area contributed by atoms with Gasteiger partial charge in [0.15, 0.2) is 0 Å². The molecule has 14 heavy (non-hydrogen) atoms. The van der Waals surface area contributed by atoms with Crippen LogP contribution in [0.3, 0.4) is 0 Å². The van der Waals surface area contributed by atoms with Crippen LogP contribution in [0.2, 0.25) is 5.02 Å². The summed E-state index contributed by atoms with van der Waals surface area (Å²) in [5.41, 5.74) is 2.85. The topological polar surface area (TPSA) is 33.0 Å². The van der Waals surface area contributed by atoms with E-state index in [4.69, 9.17) is 21.6 Å². The molecule has 3 heteroatoms. The average molecular weight is 210 g/mol. The Morgan fingerprint density at radius 1 is 1.43 bits per heavy atom. The minimum atomic E-state index is 0.363. The highest BCUT2D eigenvalue weighted by Gasteiger charge is 2.11. The highest BCUT2D eigenvalue weighted by atomic mass is 35.5. The van der Waals surface area contributed by atoms with E-state index in [0.29, 0.717) is 11.4 Å². The molecule has 1 rings (SSSR count). The van der Waals surface area contributed by atoms with Crippen LogP contribution in [-0.2, 0) is 6.42 Å². The molecule has 0 aliphatic rings. The van der Waals surface area contributed by atoms with E-state index in [9.17, 15) is 0 Å². The third-order valence-electron chi connectivity index (χ3n) is 2.30. The van der Waals surface area contributed by atoms with E-state index in [-0.39, 0.29) is 0 Å². The van der Waals surface area contributed by atoms with Gasteiger partial charge in [-0.15, -0.1) is 0 Å². The van der Waals surface area contributed by atoms with E-state index >= 15 is 0 Å². The first-order chi connectivity index (χ1) is 6.61. The van der Waals surface area contributed by atoms with E-state index < -0.39 is 0 Å². The zero-order valence-corrected chi connectivity index (χ0v) is 9.27. The Balaban J connectivity index is 3.36. The summed E-state index contributed by atoms with van der Waals surface area (Å²) in [6.45, 7) is 3.85. The van der Waals surface area contributed by atoms with Gasteiger partial charge in [-0.2, -0.15) is 5.26 Å². The van der Waals surface area contributed by atoms with Crippen LogP contribution in [0.25, 0.3) is 0 Å². The Morgan fingerprint density at radius 2 is 2.07 bits per heavy atom. The molecule has 74 valence electrons. The molecule has 0 aliphatic carbocycles. The van der Waals surface area contributed by atoms with Crippen LogP contribution in [0.15, 0.2) is 6.07 Å². The number of ether oxygens (including phenoxy) is 1. The highest BCUT2D eigenvalue weighted by molar-refractivity contribution is 6.31. The molecule has 0 aromatic heterocycles. The van der Waals surface area contributed by atoms with Gasteiger partial charge in [-0.3, -0.25) is 0 Å². The second-order valence-corrected chi connectivity index (χ2v) is 3.54. The molecule has 0 radical (unpaired) electrons. The van der Waals surface area contributed by atoms with Crippen molar-refractivity contribution >= 4 is 11.6 Å². The standard InChI is InChI=1S/C11H12ClNO/c1-7-9(4-5-13)6-10(12)8(2)11(7)14-3/h6H,4H2,1-3H3. The maximum Gasteiger partial charge on any atom is 0.126 e. The maximum atomic E-state index is 8.63. The molecule has 0 spiro atoms. The van der Waals surface area contributed by atoms with Crippen molar-refractivity contribution in [3.63, 3.8) is 0 Å². The number of nitriles is 1. The van der Waals surface area contributed by atoms with Crippen LogP contribution in [-0.4, -0.2) is 7.11 Å². The molecule has 0 unspecified atom stereocenters. The lowest BCUT2D eigenvalue weighted by Gasteiger charge is -2.13. The van der Waals surface area contributed by atoms with Crippen molar-refractivity contribution in [1.29, 1.82) is 5.26 Å². The lowest BCUT2D eigenvalue weighted by molar-refractivity contribution is 0.408. The van der Waals surface area contributed by atoms with Crippen LogP contribution < -0.4 is 4.74 Å². The van der Waals surface area contributed by atoms with Crippen molar-refractivity contribution in [2.75, 3.05) is 7.11 Å². The van der Waals surface area contributed by atoms with Gasteiger partial charge in [-0.1, -0.05) is 11.6 Å². The summed E-state index contributed by atoms with van der Waals surface area (Å²) in [7, 11) is 1.61. The van der Waals surface area contributed by atoms with Crippen molar-refractivity contribution in [2.24, 2.45) is 0 Å². The van der Waals surface area contributed by atoms with Crippen LogP contribution >= 0.6 is 11.6 Å². The van der Waals surface area contributed by atoms with E-state index in [1.165, 1.54) is 0 Å². The molecule has 0 saturated carbocycles. The van der Waals surface area contributed by atoms with E-state index in [1.807, 2.05) is 19.9 Å². The van der Waals surface area contributed by atoms with Crippen molar-refractivity contribution in [3.8, 4) is 11.8 Å². The predicted molar refractivity (Wildman–Crippen MR) is 56.8 cm³/mol. The number of rotatable bonds is 2. The molecule has 1 aromatic rings. The molecule has 0 fully saturated rings. The van der Waals surface area contributed by atoms with Crippen LogP contribution in [0.4, 0.5) is 0 Å². The van der Waals surface area contributed by atoms with E-state index in [0.717, 1.165) is 22.4 Å². The zero-order valence-electron chi connectivity index (χ0n) is 8.52. The highest BCUT2D eigenvalue weighted by Crippen LogP contribution is 2.32. The van der Waals surface area contributed by atoms with Crippen LogP contribution in [0, 0.1) is 25.2 Å². The first-order valence-electron chi connectivity index (χ1n) is 4.31. The first-order valence-corrected chi connectivity index (χ1v) is 4.69. The summed E-state index contributed by atoms with van der Waals surface area (Å²) in [5.74, 6) is 0.780. The van der Waals surface area contributed by atoms with Crippen LogP contribution in [0.5, 0.6) is 5.75 Å². The number of benzene rings is 1. The molecule has 1 aromatic carbocycles. The van der Waals surface area contributed by atoms with Crippen molar-refractivity contribution < 1.29 is 4.74 Å². The van der Waals surface area contributed by atoms with Gasteiger partial charge in [0, 0.05) is 10.6 Å². The third kappa shape index (κ3) is 1.83. The van der Waals surface area contributed by atoms with Crippen molar-refractivity contribution in [3.05, 3.63) is 27.8 Å². The molecule has 2 nitrogen and oxygen atoms in total. The summed E-state index contributed by atoms with van der Waals surface area (Å²) >= 11 is 6.02. The Morgan fingerprint density at radius 3 is 2.57 bits per heavy atom. The minimum Gasteiger partial charge on any atom is -0.496 e. The molecular formula is C11H12ClNO. The molecule has 0 heterocycles. The fourth-order valence-electron chi connectivity index (χ4n) is 1.48.